The first kappa shape index (κ1) is 23.9. The van der Waals surface area contributed by atoms with E-state index in [1.54, 1.807) is 0 Å². The van der Waals surface area contributed by atoms with Crippen LogP contribution in [0.4, 0.5) is 0 Å². The van der Waals surface area contributed by atoms with E-state index >= 15 is 0 Å². The summed E-state index contributed by atoms with van der Waals surface area (Å²) < 4.78 is 0. The molecule has 1 rings (SSSR count). The number of rotatable bonds is 9. The molecule has 0 saturated heterocycles. The van der Waals surface area contributed by atoms with E-state index in [2.05, 4.69) is 49.1 Å². The molecule has 0 saturated carbocycles. The maximum atomic E-state index is 3.17. The van der Waals surface area contributed by atoms with Gasteiger partial charge in [-0.2, -0.15) is 0 Å². The van der Waals surface area contributed by atoms with E-state index in [0.717, 1.165) is 0 Å². The number of aryl methyl sites for hydroxylation is 1. The van der Waals surface area contributed by atoms with Crippen LogP contribution in [0.3, 0.4) is 0 Å². The molecule has 130 valence electrons. The molecule has 0 radical (unpaired) electrons. The Morgan fingerprint density at radius 1 is 0.773 bits per heavy atom. The summed E-state index contributed by atoms with van der Waals surface area (Å²) >= 11 is 0. The Hall–Kier alpha value is -0.390. The maximum Gasteiger partial charge on any atom is -0.0150 e. The quantitative estimate of drug-likeness (QED) is 0.474. The summed E-state index contributed by atoms with van der Waals surface area (Å²) in [6.07, 6.45) is 12.5. The third-order valence-electron chi connectivity index (χ3n) is 4.03. The van der Waals surface area contributed by atoms with Gasteiger partial charge in [0.2, 0.25) is 0 Å². The van der Waals surface area contributed by atoms with Crippen molar-refractivity contribution in [2.45, 2.75) is 90.6 Å². The fourth-order valence-corrected chi connectivity index (χ4v) is 3.11. The molecule has 0 aromatic heterocycles. The molecule has 1 aromatic carbocycles. The number of hydrogen-bond donors (Lipinski definition) is 1. The highest BCUT2D eigenvalue weighted by Crippen LogP contribution is 2.36. The van der Waals surface area contributed by atoms with Crippen molar-refractivity contribution in [2.24, 2.45) is 0 Å². The molecule has 0 fully saturated rings. The average Bonchev–Trinajstić information content (AvgIpc) is 2.51. The Morgan fingerprint density at radius 3 is 1.36 bits per heavy atom. The summed E-state index contributed by atoms with van der Waals surface area (Å²) in [5, 5.41) is 0.571. The summed E-state index contributed by atoms with van der Waals surface area (Å²) in [6, 6.07) is 10.3. The molecule has 0 spiro atoms. The molecular weight excluding hydrogens is 285 g/mol. The van der Waals surface area contributed by atoms with Gasteiger partial charge in [-0.1, -0.05) is 95.2 Å². The smallest absolute Gasteiger partial charge is 0.0150 e. The first-order valence-electron chi connectivity index (χ1n) is 8.88. The monoisotopic (exact) mass is 325 g/mol. The molecular formula is C20H40NP. The van der Waals surface area contributed by atoms with Crippen LogP contribution in [0.1, 0.15) is 84.1 Å². The lowest BCUT2D eigenvalue weighted by atomic mass is 9.90. The summed E-state index contributed by atoms with van der Waals surface area (Å²) in [4.78, 5) is 0. The third kappa shape index (κ3) is 13.3. The van der Waals surface area contributed by atoms with Crippen LogP contribution in [0.15, 0.2) is 30.3 Å². The molecule has 0 heterocycles. The zero-order valence-corrected chi connectivity index (χ0v) is 16.7. The zero-order valence-electron chi connectivity index (χ0n) is 15.5. The fourth-order valence-electron chi connectivity index (χ4n) is 2.50. The lowest BCUT2D eigenvalue weighted by Crippen LogP contribution is -2.20. The molecule has 1 nitrogen and oxygen atoms in total. The standard InChI is InChI=1S/C13H29P.C7H8.H3N/c1-4-7-10-13(14,11-8-5-2)12-9-6-3;1-7-5-3-2-4-6-7;/h4-12,14H2,1-3H3;2-6H,1H3;1H3. The van der Waals surface area contributed by atoms with Crippen LogP contribution in [0.2, 0.25) is 0 Å². The maximum absolute atomic E-state index is 3.17. The average molecular weight is 326 g/mol. The highest BCUT2D eigenvalue weighted by molar-refractivity contribution is 7.19. The summed E-state index contributed by atoms with van der Waals surface area (Å²) in [5.74, 6) is 0. The highest BCUT2D eigenvalue weighted by Gasteiger charge is 2.22. The molecule has 22 heavy (non-hydrogen) atoms. The fraction of sp³-hybridized carbons (Fsp3) is 0.700. The topological polar surface area (TPSA) is 35.0 Å². The molecule has 1 unspecified atom stereocenters. The predicted molar refractivity (Wildman–Crippen MR) is 107 cm³/mol. The molecule has 0 aliphatic heterocycles. The minimum atomic E-state index is 0. The SMILES string of the molecule is CCCCC(P)(CCCC)CCCC.Cc1ccccc1.N. The van der Waals surface area contributed by atoms with Crippen LogP contribution in [-0.2, 0) is 0 Å². The summed E-state index contributed by atoms with van der Waals surface area (Å²) in [5.41, 5.74) is 1.32. The van der Waals surface area contributed by atoms with Gasteiger partial charge in [-0.05, 0) is 31.3 Å². The van der Waals surface area contributed by atoms with Gasteiger partial charge in [-0.25, -0.2) is 0 Å². The van der Waals surface area contributed by atoms with Crippen molar-refractivity contribution >= 4 is 9.24 Å². The Morgan fingerprint density at radius 2 is 1.14 bits per heavy atom. The van der Waals surface area contributed by atoms with Crippen LogP contribution in [-0.4, -0.2) is 5.16 Å². The second-order valence-corrected chi connectivity index (χ2v) is 7.55. The lowest BCUT2D eigenvalue weighted by Gasteiger charge is -2.29. The van der Waals surface area contributed by atoms with Gasteiger partial charge in [-0.15, -0.1) is 9.24 Å². The van der Waals surface area contributed by atoms with Crippen LogP contribution < -0.4 is 6.15 Å². The van der Waals surface area contributed by atoms with Gasteiger partial charge in [0.1, 0.15) is 0 Å². The third-order valence-corrected chi connectivity index (χ3v) is 4.89. The van der Waals surface area contributed by atoms with E-state index in [-0.39, 0.29) is 6.15 Å². The first-order chi connectivity index (χ1) is 10.1. The van der Waals surface area contributed by atoms with Crippen molar-refractivity contribution in [3.05, 3.63) is 35.9 Å². The van der Waals surface area contributed by atoms with E-state index in [0.29, 0.717) is 5.16 Å². The van der Waals surface area contributed by atoms with Crippen molar-refractivity contribution < 1.29 is 0 Å². The molecule has 2 heteroatoms. The van der Waals surface area contributed by atoms with Crippen molar-refractivity contribution in [2.75, 3.05) is 0 Å². The van der Waals surface area contributed by atoms with Gasteiger partial charge in [0, 0.05) is 0 Å². The van der Waals surface area contributed by atoms with Gasteiger partial charge in [0.05, 0.1) is 0 Å². The van der Waals surface area contributed by atoms with Crippen LogP contribution in [0, 0.1) is 6.92 Å². The van der Waals surface area contributed by atoms with Gasteiger partial charge >= 0.3 is 0 Å². The van der Waals surface area contributed by atoms with Gasteiger partial charge < -0.3 is 6.15 Å². The molecule has 0 amide bonds. The van der Waals surface area contributed by atoms with Gasteiger partial charge in [0.15, 0.2) is 0 Å². The first-order valence-corrected chi connectivity index (χ1v) is 9.46. The van der Waals surface area contributed by atoms with Crippen molar-refractivity contribution in [3.63, 3.8) is 0 Å². The Bertz CT molecular complexity index is 302. The summed E-state index contributed by atoms with van der Waals surface area (Å²) in [7, 11) is 3.17. The molecule has 0 bridgehead atoms. The number of unbranched alkanes of at least 4 members (excludes halogenated alkanes) is 3. The van der Waals surface area contributed by atoms with Crippen molar-refractivity contribution in [3.8, 4) is 0 Å². The van der Waals surface area contributed by atoms with Crippen LogP contribution >= 0.6 is 9.24 Å². The van der Waals surface area contributed by atoms with E-state index in [4.69, 9.17) is 0 Å². The normalized spacial score (nSPS) is 10.4. The minimum Gasteiger partial charge on any atom is -0.344 e. The van der Waals surface area contributed by atoms with Crippen molar-refractivity contribution in [1.29, 1.82) is 0 Å². The molecule has 1 aromatic rings. The van der Waals surface area contributed by atoms with Gasteiger partial charge in [0.25, 0.3) is 0 Å². The van der Waals surface area contributed by atoms with E-state index in [1.807, 2.05) is 18.2 Å². The molecule has 1 atom stereocenters. The predicted octanol–water partition coefficient (Wildman–Crippen LogP) is 7.33. The van der Waals surface area contributed by atoms with E-state index in [9.17, 15) is 0 Å². The number of hydrogen-bond acceptors (Lipinski definition) is 1. The van der Waals surface area contributed by atoms with E-state index in [1.165, 1.54) is 63.4 Å². The number of benzene rings is 1. The van der Waals surface area contributed by atoms with Crippen LogP contribution in [0.25, 0.3) is 0 Å². The minimum absolute atomic E-state index is 0. The second kappa shape index (κ2) is 15.5. The lowest BCUT2D eigenvalue weighted by molar-refractivity contribution is 0.424. The summed E-state index contributed by atoms with van der Waals surface area (Å²) in [6.45, 7) is 8.97. The Kier molecular flexibility index (Phi) is 16.8. The van der Waals surface area contributed by atoms with Crippen LogP contribution in [0.5, 0.6) is 0 Å². The zero-order chi connectivity index (χ0) is 16.0. The molecule has 0 aliphatic carbocycles. The van der Waals surface area contributed by atoms with Crippen molar-refractivity contribution in [1.82, 2.24) is 6.15 Å². The van der Waals surface area contributed by atoms with E-state index < -0.39 is 0 Å². The Labute approximate surface area is 142 Å². The molecule has 0 aliphatic rings. The molecule has 3 N–H and O–H groups in total. The van der Waals surface area contributed by atoms with Gasteiger partial charge in [-0.3, -0.25) is 0 Å². The Balaban J connectivity index is 0. The highest BCUT2D eigenvalue weighted by atomic mass is 31.0. The largest absolute Gasteiger partial charge is 0.344 e. The second-order valence-electron chi connectivity index (χ2n) is 6.33.